The summed E-state index contributed by atoms with van der Waals surface area (Å²) < 4.78 is 1.28. The first-order valence-electron chi connectivity index (χ1n) is 6.93. The van der Waals surface area contributed by atoms with E-state index in [2.05, 4.69) is 101 Å². The Morgan fingerprint density at radius 1 is 0.667 bits per heavy atom. The summed E-state index contributed by atoms with van der Waals surface area (Å²) in [7, 11) is 0. The summed E-state index contributed by atoms with van der Waals surface area (Å²) >= 11 is 2.40. The first kappa shape index (κ1) is 14.1. The highest BCUT2D eigenvalue weighted by Crippen LogP contribution is 2.37. The van der Waals surface area contributed by atoms with Crippen LogP contribution in [-0.4, -0.2) is 0 Å². The molecular formula is C19H16IN. The van der Waals surface area contributed by atoms with Gasteiger partial charge < -0.3 is 4.90 Å². The lowest BCUT2D eigenvalue weighted by Gasteiger charge is -2.27. The molecule has 104 valence electrons. The van der Waals surface area contributed by atoms with Gasteiger partial charge in [0.15, 0.2) is 0 Å². The lowest BCUT2D eigenvalue weighted by molar-refractivity contribution is 1.24. The van der Waals surface area contributed by atoms with E-state index in [0.29, 0.717) is 0 Å². The van der Waals surface area contributed by atoms with Crippen LogP contribution < -0.4 is 4.90 Å². The molecule has 3 rings (SSSR count). The predicted octanol–water partition coefficient (Wildman–Crippen LogP) is 6.07. The maximum absolute atomic E-state index is 2.40. The monoisotopic (exact) mass is 385 g/mol. The lowest BCUT2D eigenvalue weighted by Crippen LogP contribution is -2.11. The molecular weight excluding hydrogens is 369 g/mol. The standard InChI is InChI=1S/C19H16IN/c1-15-18(20)13-8-14-19(15)21(16-9-4-2-5-10-16)17-11-6-3-7-12-17/h2-14H,1H3. The van der Waals surface area contributed by atoms with Gasteiger partial charge in [0.1, 0.15) is 0 Å². The average molecular weight is 385 g/mol. The fourth-order valence-corrected chi connectivity index (χ4v) is 2.90. The molecule has 0 bridgehead atoms. The van der Waals surface area contributed by atoms with Crippen LogP contribution in [0.15, 0.2) is 78.9 Å². The molecule has 0 atom stereocenters. The third-order valence-corrected chi connectivity index (χ3v) is 4.68. The molecule has 21 heavy (non-hydrogen) atoms. The summed E-state index contributed by atoms with van der Waals surface area (Å²) in [6.07, 6.45) is 0. The van der Waals surface area contributed by atoms with Crippen molar-refractivity contribution in [2.75, 3.05) is 4.90 Å². The molecule has 3 aromatic rings. The van der Waals surface area contributed by atoms with Gasteiger partial charge in [-0.05, 0) is 71.5 Å². The van der Waals surface area contributed by atoms with E-state index in [1.165, 1.54) is 26.2 Å². The Labute approximate surface area is 139 Å². The molecule has 0 radical (unpaired) electrons. The van der Waals surface area contributed by atoms with Crippen molar-refractivity contribution in [3.8, 4) is 0 Å². The highest BCUT2D eigenvalue weighted by atomic mass is 127. The van der Waals surface area contributed by atoms with Crippen LogP contribution in [0.25, 0.3) is 0 Å². The molecule has 0 unspecified atom stereocenters. The topological polar surface area (TPSA) is 3.24 Å². The Balaban J connectivity index is 2.20. The normalized spacial score (nSPS) is 10.4. The highest BCUT2D eigenvalue weighted by molar-refractivity contribution is 14.1. The van der Waals surface area contributed by atoms with Gasteiger partial charge in [-0.15, -0.1) is 0 Å². The van der Waals surface area contributed by atoms with E-state index >= 15 is 0 Å². The van der Waals surface area contributed by atoms with E-state index in [1.54, 1.807) is 0 Å². The first-order valence-corrected chi connectivity index (χ1v) is 8.00. The summed E-state index contributed by atoms with van der Waals surface area (Å²) in [5.41, 5.74) is 4.87. The average Bonchev–Trinajstić information content (AvgIpc) is 2.54. The smallest absolute Gasteiger partial charge is 0.0501 e. The Morgan fingerprint density at radius 2 is 1.19 bits per heavy atom. The molecule has 0 saturated carbocycles. The summed E-state index contributed by atoms with van der Waals surface area (Å²) in [6, 6.07) is 27.4. The molecule has 0 amide bonds. The molecule has 2 heteroatoms. The van der Waals surface area contributed by atoms with Gasteiger partial charge >= 0.3 is 0 Å². The second-order valence-corrected chi connectivity index (χ2v) is 6.05. The summed E-state index contributed by atoms with van der Waals surface area (Å²) in [5, 5.41) is 0. The minimum atomic E-state index is 1.17. The van der Waals surface area contributed by atoms with Crippen molar-refractivity contribution in [1.29, 1.82) is 0 Å². The van der Waals surface area contributed by atoms with E-state index in [0.717, 1.165) is 0 Å². The van der Waals surface area contributed by atoms with Crippen LogP contribution in [0, 0.1) is 10.5 Å². The number of halogens is 1. The molecule has 0 aliphatic carbocycles. The van der Waals surface area contributed by atoms with E-state index in [1.807, 2.05) is 12.1 Å². The van der Waals surface area contributed by atoms with Gasteiger partial charge in [-0.3, -0.25) is 0 Å². The molecule has 0 fully saturated rings. The summed E-state index contributed by atoms with van der Waals surface area (Å²) in [5.74, 6) is 0. The van der Waals surface area contributed by atoms with E-state index < -0.39 is 0 Å². The molecule has 0 heterocycles. The molecule has 0 aliphatic heterocycles. The van der Waals surface area contributed by atoms with Crippen molar-refractivity contribution < 1.29 is 0 Å². The Hall–Kier alpha value is -1.81. The minimum absolute atomic E-state index is 1.17. The maximum Gasteiger partial charge on any atom is 0.0501 e. The summed E-state index contributed by atoms with van der Waals surface area (Å²) in [6.45, 7) is 2.18. The van der Waals surface area contributed by atoms with Gasteiger partial charge in [-0.2, -0.15) is 0 Å². The van der Waals surface area contributed by atoms with Crippen LogP contribution in [0.2, 0.25) is 0 Å². The number of benzene rings is 3. The van der Waals surface area contributed by atoms with Crippen LogP contribution in [-0.2, 0) is 0 Å². The van der Waals surface area contributed by atoms with Crippen LogP contribution in [0.3, 0.4) is 0 Å². The minimum Gasteiger partial charge on any atom is -0.310 e. The zero-order valence-corrected chi connectivity index (χ0v) is 14.0. The van der Waals surface area contributed by atoms with E-state index in [4.69, 9.17) is 0 Å². The SMILES string of the molecule is Cc1c(I)cccc1N(c1ccccc1)c1ccccc1. The zero-order chi connectivity index (χ0) is 14.7. The lowest BCUT2D eigenvalue weighted by atomic mass is 10.1. The van der Waals surface area contributed by atoms with Gasteiger partial charge in [0.2, 0.25) is 0 Å². The Kier molecular flexibility index (Phi) is 4.25. The van der Waals surface area contributed by atoms with Crippen molar-refractivity contribution >= 4 is 39.7 Å². The largest absolute Gasteiger partial charge is 0.310 e. The Morgan fingerprint density at radius 3 is 1.71 bits per heavy atom. The first-order chi connectivity index (χ1) is 10.3. The van der Waals surface area contributed by atoms with Gasteiger partial charge in [0, 0.05) is 14.9 Å². The second kappa shape index (κ2) is 6.31. The number of rotatable bonds is 3. The number of para-hydroxylation sites is 2. The molecule has 1 nitrogen and oxygen atoms in total. The molecule has 0 aliphatic rings. The number of anilines is 3. The fraction of sp³-hybridized carbons (Fsp3) is 0.0526. The third-order valence-electron chi connectivity index (χ3n) is 3.51. The number of hydrogen-bond acceptors (Lipinski definition) is 1. The molecule has 0 N–H and O–H groups in total. The van der Waals surface area contributed by atoms with E-state index in [9.17, 15) is 0 Å². The summed E-state index contributed by atoms with van der Waals surface area (Å²) in [4.78, 5) is 2.30. The Bertz CT molecular complexity index is 684. The quantitative estimate of drug-likeness (QED) is 0.495. The molecule has 0 aromatic heterocycles. The highest BCUT2D eigenvalue weighted by Gasteiger charge is 2.14. The van der Waals surface area contributed by atoms with Crippen molar-refractivity contribution in [2.24, 2.45) is 0 Å². The maximum atomic E-state index is 2.40. The molecule has 0 saturated heterocycles. The predicted molar refractivity (Wildman–Crippen MR) is 98.6 cm³/mol. The van der Waals surface area contributed by atoms with Gasteiger partial charge in [0.05, 0.1) is 5.69 Å². The van der Waals surface area contributed by atoms with Crippen molar-refractivity contribution in [3.63, 3.8) is 0 Å². The van der Waals surface area contributed by atoms with Crippen molar-refractivity contribution in [1.82, 2.24) is 0 Å². The van der Waals surface area contributed by atoms with Gasteiger partial charge in [-0.25, -0.2) is 0 Å². The van der Waals surface area contributed by atoms with E-state index in [-0.39, 0.29) is 0 Å². The fourth-order valence-electron chi connectivity index (χ4n) is 2.42. The van der Waals surface area contributed by atoms with Crippen molar-refractivity contribution in [3.05, 3.63) is 88.0 Å². The van der Waals surface area contributed by atoms with Crippen LogP contribution >= 0.6 is 22.6 Å². The molecule has 0 spiro atoms. The second-order valence-electron chi connectivity index (χ2n) is 4.89. The zero-order valence-electron chi connectivity index (χ0n) is 11.8. The van der Waals surface area contributed by atoms with Crippen LogP contribution in [0.4, 0.5) is 17.1 Å². The number of hydrogen-bond donors (Lipinski definition) is 0. The van der Waals surface area contributed by atoms with Crippen molar-refractivity contribution in [2.45, 2.75) is 6.92 Å². The number of nitrogens with zero attached hydrogens (tertiary/aromatic N) is 1. The molecule has 3 aromatic carbocycles. The van der Waals surface area contributed by atoms with Crippen LogP contribution in [0.5, 0.6) is 0 Å². The van der Waals surface area contributed by atoms with Gasteiger partial charge in [-0.1, -0.05) is 42.5 Å². The third kappa shape index (κ3) is 2.95. The van der Waals surface area contributed by atoms with Gasteiger partial charge in [0.25, 0.3) is 0 Å². The van der Waals surface area contributed by atoms with Crippen LogP contribution in [0.1, 0.15) is 5.56 Å².